The zero-order valence-electron chi connectivity index (χ0n) is 16.3. The fraction of sp³-hybridized carbons (Fsp3) is 0.650. The second kappa shape index (κ2) is 29.6. The Kier molecular flexibility index (Phi) is 33.8. The summed E-state index contributed by atoms with van der Waals surface area (Å²) in [6.07, 6.45) is 5.54. The van der Waals surface area contributed by atoms with Crippen LogP contribution in [-0.4, -0.2) is 38.6 Å². The molecule has 0 aromatic heterocycles. The van der Waals surface area contributed by atoms with Crippen LogP contribution in [0.4, 0.5) is 0 Å². The third-order valence-electron chi connectivity index (χ3n) is 2.64. The fourth-order valence-electron chi connectivity index (χ4n) is 1.47. The average molecular weight is 340 g/mol. The van der Waals surface area contributed by atoms with Gasteiger partial charge in [0.05, 0.1) is 32.5 Å². The molecule has 0 amide bonds. The Balaban J connectivity index is -0.000000244. The zero-order valence-corrected chi connectivity index (χ0v) is 16.3. The third kappa shape index (κ3) is 32.5. The molecule has 0 aliphatic carbocycles. The van der Waals surface area contributed by atoms with Crippen LogP contribution < -0.4 is 0 Å². The molecule has 1 saturated heterocycles. The van der Waals surface area contributed by atoms with Gasteiger partial charge in [-0.2, -0.15) is 5.26 Å². The van der Waals surface area contributed by atoms with E-state index in [1.807, 2.05) is 18.2 Å². The highest BCUT2D eigenvalue weighted by Gasteiger charge is 1.94. The van der Waals surface area contributed by atoms with Crippen molar-refractivity contribution >= 4 is 0 Å². The topological polar surface area (TPSA) is 62.5 Å². The van der Waals surface area contributed by atoms with E-state index < -0.39 is 0 Å². The molecule has 0 spiro atoms. The molecule has 1 aromatic carbocycles. The van der Waals surface area contributed by atoms with Crippen molar-refractivity contribution in [3.05, 3.63) is 35.9 Å². The molecule has 1 heterocycles. The number of aliphatic hydroxyl groups is 1. The molecule has 2 rings (SSSR count). The number of rotatable bonds is 3. The van der Waals surface area contributed by atoms with Gasteiger partial charge in [0.15, 0.2) is 0 Å². The number of aliphatic hydroxyl groups excluding tert-OH is 1. The highest BCUT2D eigenvalue weighted by molar-refractivity contribution is 5.11. The maximum Gasteiger partial charge on any atom is 0.0701 e. The summed E-state index contributed by atoms with van der Waals surface area (Å²) in [4.78, 5) is 0. The SMILES string of the molecule is C1COCCO1.CC#N.CCCCCC.CO.Cc1ccccc1. The van der Waals surface area contributed by atoms with Crippen LogP contribution in [0.1, 0.15) is 52.0 Å². The summed E-state index contributed by atoms with van der Waals surface area (Å²) in [6, 6.07) is 12.0. The van der Waals surface area contributed by atoms with E-state index in [0.29, 0.717) is 0 Å². The highest BCUT2D eigenvalue weighted by Crippen LogP contribution is 1.95. The van der Waals surface area contributed by atoms with Crippen molar-refractivity contribution in [1.29, 1.82) is 5.26 Å². The molecule has 1 aliphatic rings. The van der Waals surface area contributed by atoms with Gasteiger partial charge >= 0.3 is 0 Å². The van der Waals surface area contributed by atoms with E-state index in [2.05, 4.69) is 32.9 Å². The summed E-state index contributed by atoms with van der Waals surface area (Å²) in [6.45, 7) is 11.1. The maximum atomic E-state index is 7.32. The minimum atomic E-state index is 0.778. The van der Waals surface area contributed by atoms with Crippen molar-refractivity contribution in [3.8, 4) is 6.07 Å². The Morgan fingerprint density at radius 3 is 1.42 bits per heavy atom. The summed E-state index contributed by atoms with van der Waals surface area (Å²) in [5.41, 5.74) is 1.32. The number of unbranched alkanes of at least 4 members (excludes halogenated alkanes) is 3. The van der Waals surface area contributed by atoms with E-state index in [4.69, 9.17) is 19.8 Å². The van der Waals surface area contributed by atoms with Gasteiger partial charge in [0, 0.05) is 14.0 Å². The van der Waals surface area contributed by atoms with Crippen LogP contribution in [0.5, 0.6) is 0 Å². The molecule has 4 nitrogen and oxygen atoms in total. The molecule has 1 aliphatic heterocycles. The molecular formula is C20H37NO3. The first kappa shape index (κ1) is 27.4. The second-order valence-electron chi connectivity index (χ2n) is 4.81. The van der Waals surface area contributed by atoms with E-state index in [9.17, 15) is 0 Å². The lowest BCUT2D eigenvalue weighted by Gasteiger charge is -2.09. The lowest BCUT2D eigenvalue weighted by molar-refractivity contribution is -0.0334. The Labute approximate surface area is 149 Å². The zero-order chi connectivity index (χ0) is 18.9. The van der Waals surface area contributed by atoms with Crippen molar-refractivity contribution in [2.45, 2.75) is 53.4 Å². The first-order valence-corrected chi connectivity index (χ1v) is 8.65. The van der Waals surface area contributed by atoms with Crippen LogP contribution in [0, 0.1) is 18.3 Å². The monoisotopic (exact) mass is 339 g/mol. The van der Waals surface area contributed by atoms with Crippen molar-refractivity contribution in [3.63, 3.8) is 0 Å². The van der Waals surface area contributed by atoms with Gasteiger partial charge in [0.25, 0.3) is 0 Å². The van der Waals surface area contributed by atoms with Gasteiger partial charge in [-0.25, -0.2) is 0 Å². The normalized spacial score (nSPS) is 11.4. The van der Waals surface area contributed by atoms with Crippen LogP contribution in [-0.2, 0) is 9.47 Å². The largest absolute Gasteiger partial charge is 0.400 e. The van der Waals surface area contributed by atoms with Crippen LogP contribution >= 0.6 is 0 Å². The summed E-state index contributed by atoms with van der Waals surface area (Å²) in [5, 5.41) is 14.3. The average Bonchev–Trinajstić information content (AvgIpc) is 2.65. The third-order valence-corrected chi connectivity index (χ3v) is 2.64. The predicted molar refractivity (Wildman–Crippen MR) is 102 cm³/mol. The smallest absolute Gasteiger partial charge is 0.0701 e. The van der Waals surface area contributed by atoms with Gasteiger partial charge in [0.2, 0.25) is 0 Å². The van der Waals surface area contributed by atoms with E-state index >= 15 is 0 Å². The van der Waals surface area contributed by atoms with E-state index in [1.54, 1.807) is 6.07 Å². The van der Waals surface area contributed by atoms with Gasteiger partial charge in [0.1, 0.15) is 0 Å². The summed E-state index contributed by atoms with van der Waals surface area (Å²) < 4.78 is 9.89. The summed E-state index contributed by atoms with van der Waals surface area (Å²) in [7, 11) is 1.00. The van der Waals surface area contributed by atoms with Gasteiger partial charge < -0.3 is 14.6 Å². The number of benzene rings is 1. The van der Waals surface area contributed by atoms with E-state index in [0.717, 1.165) is 33.5 Å². The molecule has 1 aromatic rings. The Morgan fingerprint density at radius 1 is 0.917 bits per heavy atom. The van der Waals surface area contributed by atoms with Gasteiger partial charge in [-0.1, -0.05) is 75.4 Å². The molecule has 24 heavy (non-hydrogen) atoms. The number of nitrogens with zero attached hydrogens (tertiary/aromatic N) is 1. The standard InChI is InChI=1S/C7H8.C6H14.C4H8O2.C2H3N.CH4O/c1-7-5-3-2-4-6-7;1-3-5-6-4-2;1-2-6-4-3-5-1;1-2-3;1-2/h2-6H,1H3;3-6H2,1-2H3;1-4H2;1H3;2H,1H3. The maximum absolute atomic E-state index is 7.32. The molecule has 0 unspecified atom stereocenters. The van der Waals surface area contributed by atoms with E-state index in [1.165, 1.54) is 38.2 Å². The summed E-state index contributed by atoms with van der Waals surface area (Å²) >= 11 is 0. The molecular weight excluding hydrogens is 302 g/mol. The highest BCUT2D eigenvalue weighted by atomic mass is 16.6. The molecule has 4 heteroatoms. The summed E-state index contributed by atoms with van der Waals surface area (Å²) in [5.74, 6) is 0. The molecule has 0 saturated carbocycles. The van der Waals surface area contributed by atoms with Crippen molar-refractivity contribution < 1.29 is 14.6 Å². The Morgan fingerprint density at radius 2 is 1.25 bits per heavy atom. The number of hydrogen-bond acceptors (Lipinski definition) is 4. The number of aryl methyl sites for hydroxylation is 1. The van der Waals surface area contributed by atoms with Crippen LogP contribution in [0.15, 0.2) is 30.3 Å². The predicted octanol–water partition coefficient (Wildman–Crippen LogP) is 4.75. The van der Waals surface area contributed by atoms with Gasteiger partial charge in [-0.05, 0) is 6.92 Å². The molecule has 140 valence electrons. The van der Waals surface area contributed by atoms with Crippen LogP contribution in [0.2, 0.25) is 0 Å². The number of hydrogen-bond donors (Lipinski definition) is 1. The van der Waals surface area contributed by atoms with Crippen molar-refractivity contribution in [2.24, 2.45) is 0 Å². The number of ether oxygens (including phenoxy) is 2. The molecule has 0 bridgehead atoms. The van der Waals surface area contributed by atoms with Crippen LogP contribution in [0.25, 0.3) is 0 Å². The van der Waals surface area contributed by atoms with Gasteiger partial charge in [-0.15, -0.1) is 0 Å². The molecule has 1 N–H and O–H groups in total. The minimum Gasteiger partial charge on any atom is -0.400 e. The van der Waals surface area contributed by atoms with E-state index in [-0.39, 0.29) is 0 Å². The molecule has 0 atom stereocenters. The number of nitriles is 1. The Hall–Kier alpha value is -1.41. The minimum absolute atomic E-state index is 0.778. The van der Waals surface area contributed by atoms with Crippen molar-refractivity contribution in [1.82, 2.24) is 0 Å². The van der Waals surface area contributed by atoms with Crippen LogP contribution in [0.3, 0.4) is 0 Å². The molecule has 1 fully saturated rings. The first-order chi connectivity index (χ1) is 11.7. The lowest BCUT2D eigenvalue weighted by atomic mass is 10.2. The first-order valence-electron chi connectivity index (χ1n) is 8.65. The van der Waals surface area contributed by atoms with Crippen molar-refractivity contribution in [2.75, 3.05) is 33.5 Å². The van der Waals surface area contributed by atoms with Gasteiger partial charge in [-0.3, -0.25) is 0 Å². The quantitative estimate of drug-likeness (QED) is 0.807. The second-order valence-corrected chi connectivity index (χ2v) is 4.81. The lowest BCUT2D eigenvalue weighted by Crippen LogP contribution is -2.16. The fourth-order valence-corrected chi connectivity index (χ4v) is 1.47. The Bertz CT molecular complexity index is 317. The molecule has 0 radical (unpaired) electrons.